The number of nitrogens with one attached hydrogen (secondary N) is 1. The van der Waals surface area contributed by atoms with E-state index in [1.807, 2.05) is 0 Å². The molecule has 5 nitrogen and oxygen atoms in total. The molecule has 0 aromatic heterocycles. The molecule has 1 aliphatic rings. The zero-order valence-electron chi connectivity index (χ0n) is 11.1. The second-order valence-electron chi connectivity index (χ2n) is 5.09. The van der Waals surface area contributed by atoms with E-state index in [1.165, 1.54) is 12.1 Å². The largest absolute Gasteiger partial charge is 0.481 e. The van der Waals surface area contributed by atoms with Crippen LogP contribution in [0, 0.1) is 11.7 Å². The SMILES string of the molecule is O=C(O)C1CCCC(NS(=O)(=O)c2ccc(Br)cc2F)C1. The minimum Gasteiger partial charge on any atom is -0.481 e. The smallest absolute Gasteiger partial charge is 0.306 e. The van der Waals surface area contributed by atoms with Gasteiger partial charge in [-0.05, 0) is 37.5 Å². The minimum absolute atomic E-state index is 0.229. The van der Waals surface area contributed by atoms with Gasteiger partial charge in [-0.15, -0.1) is 0 Å². The lowest BCUT2D eigenvalue weighted by Crippen LogP contribution is -2.40. The van der Waals surface area contributed by atoms with Gasteiger partial charge in [0.15, 0.2) is 0 Å². The maximum absolute atomic E-state index is 13.8. The number of carboxylic acids is 1. The van der Waals surface area contributed by atoms with Crippen LogP contribution in [-0.2, 0) is 14.8 Å². The van der Waals surface area contributed by atoms with Gasteiger partial charge in [0.05, 0.1) is 5.92 Å². The number of carbonyl (C=O) groups is 1. The molecule has 1 aliphatic carbocycles. The zero-order chi connectivity index (χ0) is 15.6. The van der Waals surface area contributed by atoms with Crippen LogP contribution < -0.4 is 4.72 Å². The summed E-state index contributed by atoms with van der Waals surface area (Å²) in [4.78, 5) is 10.6. The Balaban J connectivity index is 2.15. The minimum atomic E-state index is -4.00. The van der Waals surface area contributed by atoms with Gasteiger partial charge in [-0.2, -0.15) is 0 Å². The average molecular weight is 380 g/mol. The monoisotopic (exact) mass is 379 g/mol. The molecule has 0 radical (unpaired) electrons. The molecule has 2 atom stereocenters. The maximum atomic E-state index is 13.8. The van der Waals surface area contributed by atoms with Crippen molar-refractivity contribution in [3.8, 4) is 0 Å². The number of carboxylic acid groups (broad SMARTS) is 1. The van der Waals surface area contributed by atoms with Crippen LogP contribution in [0.4, 0.5) is 4.39 Å². The lowest BCUT2D eigenvalue weighted by atomic mass is 9.86. The molecule has 0 spiro atoms. The third-order valence-electron chi connectivity index (χ3n) is 3.53. The van der Waals surface area contributed by atoms with E-state index in [1.54, 1.807) is 0 Å². The molecule has 0 aliphatic heterocycles. The predicted octanol–water partition coefficient (Wildman–Crippen LogP) is 2.51. The van der Waals surface area contributed by atoms with Gasteiger partial charge in [0.2, 0.25) is 10.0 Å². The Labute approximate surface area is 130 Å². The summed E-state index contributed by atoms with van der Waals surface area (Å²) >= 11 is 3.06. The summed E-state index contributed by atoms with van der Waals surface area (Å²) in [5.41, 5.74) is 0. The van der Waals surface area contributed by atoms with Crippen LogP contribution >= 0.6 is 15.9 Å². The van der Waals surface area contributed by atoms with E-state index in [-0.39, 0.29) is 6.42 Å². The Bertz CT molecular complexity index is 650. The fraction of sp³-hybridized carbons (Fsp3) is 0.462. The highest BCUT2D eigenvalue weighted by atomic mass is 79.9. The van der Waals surface area contributed by atoms with E-state index in [0.29, 0.717) is 23.7 Å². The molecule has 0 heterocycles. The predicted molar refractivity (Wildman–Crippen MR) is 77.8 cm³/mol. The highest BCUT2D eigenvalue weighted by Gasteiger charge is 2.30. The molecule has 116 valence electrons. The molecule has 0 amide bonds. The van der Waals surface area contributed by atoms with Gasteiger partial charge in [0, 0.05) is 10.5 Å². The van der Waals surface area contributed by atoms with Crippen molar-refractivity contribution >= 4 is 31.9 Å². The number of halogens is 2. The lowest BCUT2D eigenvalue weighted by Gasteiger charge is -2.27. The fourth-order valence-electron chi connectivity index (χ4n) is 2.50. The van der Waals surface area contributed by atoms with Crippen LogP contribution in [0.1, 0.15) is 25.7 Å². The van der Waals surface area contributed by atoms with Crippen LogP contribution in [-0.4, -0.2) is 25.5 Å². The van der Waals surface area contributed by atoms with Crippen LogP contribution in [0.2, 0.25) is 0 Å². The number of benzene rings is 1. The molecule has 2 N–H and O–H groups in total. The van der Waals surface area contributed by atoms with E-state index in [2.05, 4.69) is 20.7 Å². The van der Waals surface area contributed by atoms with Gasteiger partial charge < -0.3 is 5.11 Å². The van der Waals surface area contributed by atoms with Crippen molar-refractivity contribution < 1.29 is 22.7 Å². The van der Waals surface area contributed by atoms with Crippen molar-refractivity contribution in [2.24, 2.45) is 5.92 Å². The third kappa shape index (κ3) is 4.02. The average Bonchev–Trinajstić information content (AvgIpc) is 2.37. The van der Waals surface area contributed by atoms with Crippen molar-refractivity contribution in [1.29, 1.82) is 0 Å². The highest BCUT2D eigenvalue weighted by molar-refractivity contribution is 9.10. The van der Waals surface area contributed by atoms with Gasteiger partial charge in [-0.3, -0.25) is 4.79 Å². The quantitative estimate of drug-likeness (QED) is 0.841. The molecule has 2 unspecified atom stereocenters. The van der Waals surface area contributed by atoms with Crippen molar-refractivity contribution in [1.82, 2.24) is 4.72 Å². The van der Waals surface area contributed by atoms with Crippen molar-refractivity contribution in [3.63, 3.8) is 0 Å². The molecule has 1 fully saturated rings. The van der Waals surface area contributed by atoms with E-state index >= 15 is 0 Å². The van der Waals surface area contributed by atoms with E-state index < -0.39 is 38.7 Å². The first-order valence-corrected chi connectivity index (χ1v) is 8.77. The molecule has 1 saturated carbocycles. The third-order valence-corrected chi connectivity index (χ3v) is 5.58. The molecule has 0 bridgehead atoms. The summed E-state index contributed by atoms with van der Waals surface area (Å²) in [7, 11) is -4.00. The summed E-state index contributed by atoms with van der Waals surface area (Å²) < 4.78 is 41.0. The standard InChI is InChI=1S/C13H15BrFNO4S/c14-9-4-5-12(11(15)7-9)21(19,20)16-10-3-1-2-8(6-10)13(17)18/h4-5,7-8,10,16H,1-3,6H2,(H,17,18). The summed E-state index contributed by atoms with van der Waals surface area (Å²) in [5.74, 6) is -2.32. The molecule has 0 saturated heterocycles. The molecule has 1 aromatic carbocycles. The number of hydrogen-bond acceptors (Lipinski definition) is 3. The van der Waals surface area contributed by atoms with Gasteiger partial charge >= 0.3 is 5.97 Å². The van der Waals surface area contributed by atoms with Crippen LogP contribution in [0.3, 0.4) is 0 Å². The van der Waals surface area contributed by atoms with Crippen LogP contribution in [0.25, 0.3) is 0 Å². The van der Waals surface area contributed by atoms with Gasteiger partial charge in [0.25, 0.3) is 0 Å². The first-order chi connectivity index (χ1) is 9.79. The summed E-state index contributed by atoms with van der Waals surface area (Å²) in [6.45, 7) is 0. The van der Waals surface area contributed by atoms with E-state index in [9.17, 15) is 17.6 Å². The Morgan fingerprint density at radius 1 is 1.38 bits per heavy atom. The van der Waals surface area contributed by atoms with E-state index in [4.69, 9.17) is 5.11 Å². The van der Waals surface area contributed by atoms with Gasteiger partial charge in [0.1, 0.15) is 10.7 Å². The van der Waals surface area contributed by atoms with Gasteiger partial charge in [-0.1, -0.05) is 22.4 Å². The summed E-state index contributed by atoms with van der Waals surface area (Å²) in [6, 6.07) is 3.22. The highest BCUT2D eigenvalue weighted by Crippen LogP contribution is 2.26. The lowest BCUT2D eigenvalue weighted by molar-refractivity contribution is -0.143. The van der Waals surface area contributed by atoms with Crippen molar-refractivity contribution in [2.45, 2.75) is 36.6 Å². The molecule has 2 rings (SSSR count). The topological polar surface area (TPSA) is 83.5 Å². The Kier molecular flexibility index (Phi) is 5.00. The Hall–Kier alpha value is -0.990. The maximum Gasteiger partial charge on any atom is 0.306 e. The van der Waals surface area contributed by atoms with Crippen LogP contribution in [0.5, 0.6) is 0 Å². The molecular weight excluding hydrogens is 365 g/mol. The molecule has 8 heteroatoms. The first kappa shape index (κ1) is 16.4. The fourth-order valence-corrected chi connectivity index (χ4v) is 4.17. The Morgan fingerprint density at radius 3 is 2.71 bits per heavy atom. The zero-order valence-corrected chi connectivity index (χ0v) is 13.5. The molecule has 21 heavy (non-hydrogen) atoms. The number of aliphatic carboxylic acids is 1. The number of hydrogen-bond donors (Lipinski definition) is 2. The summed E-state index contributed by atoms with van der Waals surface area (Å²) in [5, 5.41) is 9.00. The van der Waals surface area contributed by atoms with E-state index in [0.717, 1.165) is 6.07 Å². The van der Waals surface area contributed by atoms with Crippen molar-refractivity contribution in [3.05, 3.63) is 28.5 Å². The van der Waals surface area contributed by atoms with Crippen LogP contribution in [0.15, 0.2) is 27.6 Å². The van der Waals surface area contributed by atoms with Crippen molar-refractivity contribution in [2.75, 3.05) is 0 Å². The van der Waals surface area contributed by atoms with Gasteiger partial charge in [-0.25, -0.2) is 17.5 Å². The first-order valence-electron chi connectivity index (χ1n) is 6.50. The molecular formula is C13H15BrFNO4S. The Morgan fingerprint density at radius 2 is 2.10 bits per heavy atom. The number of rotatable bonds is 4. The second kappa shape index (κ2) is 6.41. The molecule has 1 aromatic rings. The second-order valence-corrected chi connectivity index (χ2v) is 7.69. The normalized spacial score (nSPS) is 23.0. The number of sulfonamides is 1. The summed E-state index contributed by atoms with van der Waals surface area (Å²) in [6.07, 6.45) is 1.96.